The van der Waals surface area contributed by atoms with E-state index in [9.17, 15) is 9.59 Å². The molecule has 2 aromatic carbocycles. The number of hydrogen-bond acceptors (Lipinski definition) is 2. The molecule has 1 aromatic heterocycles. The summed E-state index contributed by atoms with van der Waals surface area (Å²) in [5, 5.41) is 4.66. The zero-order valence-electron chi connectivity index (χ0n) is 14.2. The second kappa shape index (κ2) is 6.50. The van der Waals surface area contributed by atoms with E-state index in [4.69, 9.17) is 11.6 Å². The van der Waals surface area contributed by atoms with Crippen molar-refractivity contribution in [3.05, 3.63) is 65.3 Å². The second-order valence-electron chi connectivity index (χ2n) is 6.58. The number of aromatic nitrogens is 1. The van der Waals surface area contributed by atoms with Crippen molar-refractivity contribution < 1.29 is 9.59 Å². The van der Waals surface area contributed by atoms with Gasteiger partial charge in [-0.15, -0.1) is 0 Å². The Hall–Kier alpha value is -2.79. The predicted molar refractivity (Wildman–Crippen MR) is 102 cm³/mol. The van der Waals surface area contributed by atoms with E-state index in [-0.39, 0.29) is 24.3 Å². The largest absolute Gasteiger partial charge is 0.361 e. The van der Waals surface area contributed by atoms with E-state index < -0.39 is 5.92 Å². The van der Waals surface area contributed by atoms with E-state index in [1.165, 1.54) is 0 Å². The summed E-state index contributed by atoms with van der Waals surface area (Å²) in [6.45, 7) is 0. The Bertz CT molecular complexity index is 980. The van der Waals surface area contributed by atoms with Crippen molar-refractivity contribution in [2.75, 3.05) is 12.4 Å². The Morgan fingerprint density at radius 3 is 2.73 bits per heavy atom. The standard InChI is InChI=1S/C20H18ClN3O2/c1-24-18(25)11-16(19(24)13-2-5-14(21)6-3-13)20(26)23-15-7-4-12-8-9-22-17(12)10-15/h2-10,16,19,22H,11H2,1H3,(H,23,26)/t16-,19-/m1/s1. The first-order valence-electron chi connectivity index (χ1n) is 8.42. The zero-order valence-corrected chi connectivity index (χ0v) is 15.0. The van der Waals surface area contributed by atoms with Gasteiger partial charge in [-0.2, -0.15) is 0 Å². The lowest BCUT2D eigenvalue weighted by atomic mass is 9.93. The van der Waals surface area contributed by atoms with Crippen LogP contribution in [0.15, 0.2) is 54.7 Å². The van der Waals surface area contributed by atoms with Gasteiger partial charge >= 0.3 is 0 Å². The van der Waals surface area contributed by atoms with Gasteiger partial charge in [0.1, 0.15) is 0 Å². The van der Waals surface area contributed by atoms with Crippen LogP contribution in [0.4, 0.5) is 5.69 Å². The number of H-pyrrole nitrogens is 1. The molecule has 1 saturated heterocycles. The molecule has 1 aliphatic rings. The zero-order chi connectivity index (χ0) is 18.3. The molecular weight excluding hydrogens is 350 g/mol. The minimum absolute atomic E-state index is 0.0371. The third-order valence-electron chi connectivity index (χ3n) is 4.96. The fraction of sp³-hybridized carbons (Fsp3) is 0.200. The topological polar surface area (TPSA) is 65.2 Å². The molecule has 0 radical (unpaired) electrons. The molecule has 5 nitrogen and oxygen atoms in total. The molecule has 4 rings (SSSR count). The van der Waals surface area contributed by atoms with Crippen LogP contribution in [0.2, 0.25) is 5.02 Å². The van der Waals surface area contributed by atoms with Gasteiger partial charge in [-0.3, -0.25) is 9.59 Å². The minimum atomic E-state index is -0.451. The summed E-state index contributed by atoms with van der Waals surface area (Å²) in [7, 11) is 1.74. The van der Waals surface area contributed by atoms with Gasteiger partial charge in [0, 0.05) is 35.9 Å². The van der Waals surface area contributed by atoms with Crippen LogP contribution in [0.5, 0.6) is 0 Å². The van der Waals surface area contributed by atoms with Crippen LogP contribution in [0.25, 0.3) is 10.9 Å². The van der Waals surface area contributed by atoms with Crippen LogP contribution in [0.3, 0.4) is 0 Å². The molecule has 0 unspecified atom stereocenters. The van der Waals surface area contributed by atoms with Crippen LogP contribution in [0, 0.1) is 5.92 Å². The molecule has 26 heavy (non-hydrogen) atoms. The third-order valence-corrected chi connectivity index (χ3v) is 5.21. The molecule has 2 amide bonds. The smallest absolute Gasteiger partial charge is 0.230 e. The summed E-state index contributed by atoms with van der Waals surface area (Å²) in [5.41, 5.74) is 2.57. The number of carbonyl (C=O) groups is 2. The van der Waals surface area contributed by atoms with Crippen LogP contribution < -0.4 is 5.32 Å². The number of nitrogens with zero attached hydrogens (tertiary/aromatic N) is 1. The number of benzene rings is 2. The van der Waals surface area contributed by atoms with E-state index in [2.05, 4.69) is 10.3 Å². The molecular formula is C20H18ClN3O2. The number of rotatable bonds is 3. The van der Waals surface area contributed by atoms with Crippen molar-refractivity contribution in [1.29, 1.82) is 0 Å². The van der Waals surface area contributed by atoms with E-state index in [0.717, 1.165) is 16.5 Å². The number of likely N-dealkylation sites (tertiary alicyclic amines) is 1. The first-order valence-corrected chi connectivity index (χ1v) is 8.80. The van der Waals surface area contributed by atoms with Crippen molar-refractivity contribution in [2.24, 2.45) is 5.92 Å². The molecule has 0 spiro atoms. The number of hydrogen-bond donors (Lipinski definition) is 2. The molecule has 0 bridgehead atoms. The van der Waals surface area contributed by atoms with Gasteiger partial charge in [0.2, 0.25) is 11.8 Å². The highest BCUT2D eigenvalue weighted by Gasteiger charge is 2.42. The summed E-state index contributed by atoms with van der Waals surface area (Å²) >= 11 is 5.97. The molecule has 132 valence electrons. The van der Waals surface area contributed by atoms with Gasteiger partial charge in [-0.1, -0.05) is 29.8 Å². The summed E-state index contributed by atoms with van der Waals surface area (Å²) in [4.78, 5) is 29.9. The lowest BCUT2D eigenvalue weighted by molar-refractivity contribution is -0.127. The van der Waals surface area contributed by atoms with Crippen molar-refractivity contribution >= 4 is 40.0 Å². The van der Waals surface area contributed by atoms with Crippen LogP contribution in [-0.2, 0) is 9.59 Å². The van der Waals surface area contributed by atoms with Gasteiger partial charge in [-0.05, 0) is 41.3 Å². The van der Waals surface area contributed by atoms with Crippen LogP contribution in [-0.4, -0.2) is 28.7 Å². The van der Waals surface area contributed by atoms with Gasteiger partial charge in [0.15, 0.2) is 0 Å². The van der Waals surface area contributed by atoms with E-state index in [0.29, 0.717) is 10.7 Å². The fourth-order valence-corrected chi connectivity index (χ4v) is 3.71. The molecule has 3 aromatic rings. The quantitative estimate of drug-likeness (QED) is 0.735. The van der Waals surface area contributed by atoms with Crippen LogP contribution >= 0.6 is 11.6 Å². The molecule has 2 atom stereocenters. The highest BCUT2D eigenvalue weighted by molar-refractivity contribution is 6.30. The lowest BCUT2D eigenvalue weighted by Gasteiger charge is -2.25. The maximum Gasteiger partial charge on any atom is 0.230 e. The van der Waals surface area contributed by atoms with Gasteiger partial charge in [-0.25, -0.2) is 0 Å². The molecule has 2 N–H and O–H groups in total. The normalized spacial score (nSPS) is 19.9. The molecule has 0 saturated carbocycles. The lowest BCUT2D eigenvalue weighted by Crippen LogP contribution is -2.30. The fourth-order valence-electron chi connectivity index (χ4n) is 3.58. The number of nitrogens with one attached hydrogen (secondary N) is 2. The van der Waals surface area contributed by atoms with Crippen molar-refractivity contribution in [1.82, 2.24) is 9.88 Å². The first-order chi connectivity index (χ1) is 12.5. The highest BCUT2D eigenvalue weighted by atomic mass is 35.5. The molecule has 2 heterocycles. The van der Waals surface area contributed by atoms with Crippen molar-refractivity contribution in [3.63, 3.8) is 0 Å². The molecule has 6 heteroatoms. The van der Waals surface area contributed by atoms with Gasteiger partial charge in [0.05, 0.1) is 12.0 Å². The van der Waals surface area contributed by atoms with E-state index in [1.807, 2.05) is 42.6 Å². The summed E-state index contributed by atoms with van der Waals surface area (Å²) in [5.74, 6) is -0.647. The Labute approximate surface area is 155 Å². The maximum atomic E-state index is 12.9. The first kappa shape index (κ1) is 16.7. The molecule has 1 fully saturated rings. The Kier molecular flexibility index (Phi) is 4.17. The summed E-state index contributed by atoms with van der Waals surface area (Å²) in [6, 6.07) is 14.7. The number of anilines is 1. The number of fused-ring (bicyclic) bond motifs is 1. The number of aromatic amines is 1. The van der Waals surface area contributed by atoms with Gasteiger partial charge in [0.25, 0.3) is 0 Å². The average Bonchev–Trinajstić information content (AvgIpc) is 3.20. The Morgan fingerprint density at radius 2 is 1.96 bits per heavy atom. The number of carbonyl (C=O) groups excluding carboxylic acids is 2. The van der Waals surface area contributed by atoms with Crippen molar-refractivity contribution in [2.45, 2.75) is 12.5 Å². The van der Waals surface area contributed by atoms with Crippen LogP contribution in [0.1, 0.15) is 18.0 Å². The highest BCUT2D eigenvalue weighted by Crippen LogP contribution is 2.38. The monoisotopic (exact) mass is 367 g/mol. The molecule has 1 aliphatic heterocycles. The number of halogens is 1. The predicted octanol–water partition coefficient (Wildman–Crippen LogP) is 3.98. The SMILES string of the molecule is CN1C(=O)C[C@@H](C(=O)Nc2ccc3cc[nH]c3c2)[C@H]1c1ccc(Cl)cc1. The summed E-state index contributed by atoms with van der Waals surface area (Å²) in [6.07, 6.45) is 2.05. The van der Waals surface area contributed by atoms with E-state index in [1.54, 1.807) is 24.1 Å². The van der Waals surface area contributed by atoms with Gasteiger partial charge < -0.3 is 15.2 Å². The summed E-state index contributed by atoms with van der Waals surface area (Å²) < 4.78 is 0. The average molecular weight is 368 g/mol. The Morgan fingerprint density at radius 1 is 1.19 bits per heavy atom. The third kappa shape index (κ3) is 2.95. The molecule has 0 aliphatic carbocycles. The Balaban J connectivity index is 1.60. The minimum Gasteiger partial charge on any atom is -0.361 e. The maximum absolute atomic E-state index is 12.9. The second-order valence-corrected chi connectivity index (χ2v) is 7.02. The van der Waals surface area contributed by atoms with Crippen molar-refractivity contribution in [3.8, 4) is 0 Å². The number of amides is 2. The van der Waals surface area contributed by atoms with E-state index >= 15 is 0 Å².